The molecule has 0 saturated carbocycles. The topological polar surface area (TPSA) is 64.1 Å². The van der Waals surface area contributed by atoms with Gasteiger partial charge in [0.05, 0.1) is 11.9 Å². The maximum absolute atomic E-state index is 9.19. The van der Waals surface area contributed by atoms with Crippen molar-refractivity contribution in [3.8, 4) is 11.4 Å². The third-order valence-electron chi connectivity index (χ3n) is 2.64. The van der Waals surface area contributed by atoms with Crippen LogP contribution >= 0.6 is 0 Å². The van der Waals surface area contributed by atoms with Gasteiger partial charge in [-0.3, -0.25) is 0 Å². The number of phenols is 1. The van der Waals surface area contributed by atoms with Crippen LogP contribution in [0.25, 0.3) is 5.69 Å². The molecule has 4 nitrogen and oxygen atoms in total. The first-order valence-electron chi connectivity index (χ1n) is 5.24. The van der Waals surface area contributed by atoms with Crippen molar-refractivity contribution in [1.82, 2.24) is 9.78 Å². The number of aromatic nitrogens is 2. The van der Waals surface area contributed by atoms with Gasteiger partial charge in [-0.1, -0.05) is 6.92 Å². The van der Waals surface area contributed by atoms with Crippen molar-refractivity contribution in [1.29, 1.82) is 0 Å². The Kier molecular flexibility index (Phi) is 2.92. The first kappa shape index (κ1) is 10.7. The van der Waals surface area contributed by atoms with Crippen LogP contribution in [0, 0.1) is 0 Å². The Morgan fingerprint density at radius 3 is 2.69 bits per heavy atom. The molecule has 4 heteroatoms. The molecule has 0 saturated heterocycles. The summed E-state index contributed by atoms with van der Waals surface area (Å²) in [7, 11) is 0. The summed E-state index contributed by atoms with van der Waals surface area (Å²) < 4.78 is 1.78. The molecule has 0 aliphatic heterocycles. The van der Waals surface area contributed by atoms with Crippen LogP contribution in [0.1, 0.15) is 18.4 Å². The molecule has 1 aromatic carbocycles. The standard InChI is InChI=1S/C12H15N3O/c1-9(6-13)10-7-14-15(8-10)11-2-4-12(16)5-3-11/h2-5,7-9,16H,6,13H2,1H3. The average molecular weight is 217 g/mol. The Labute approximate surface area is 94.3 Å². The van der Waals surface area contributed by atoms with Gasteiger partial charge in [0.1, 0.15) is 5.75 Å². The van der Waals surface area contributed by atoms with E-state index in [1.807, 2.05) is 24.5 Å². The first-order chi connectivity index (χ1) is 7.70. The second kappa shape index (κ2) is 4.37. The van der Waals surface area contributed by atoms with Gasteiger partial charge in [-0.2, -0.15) is 5.10 Å². The van der Waals surface area contributed by atoms with E-state index in [1.165, 1.54) is 0 Å². The normalized spacial score (nSPS) is 12.6. The van der Waals surface area contributed by atoms with E-state index in [1.54, 1.807) is 16.8 Å². The van der Waals surface area contributed by atoms with Gasteiger partial charge in [-0.15, -0.1) is 0 Å². The molecule has 0 bridgehead atoms. The molecule has 0 radical (unpaired) electrons. The number of hydrogen-bond donors (Lipinski definition) is 2. The van der Waals surface area contributed by atoms with Crippen molar-refractivity contribution >= 4 is 0 Å². The fourth-order valence-corrected chi connectivity index (χ4v) is 1.47. The molecule has 0 spiro atoms. The minimum absolute atomic E-state index is 0.256. The monoisotopic (exact) mass is 217 g/mol. The Balaban J connectivity index is 2.28. The number of aromatic hydroxyl groups is 1. The zero-order valence-corrected chi connectivity index (χ0v) is 9.17. The average Bonchev–Trinajstić information content (AvgIpc) is 2.78. The fourth-order valence-electron chi connectivity index (χ4n) is 1.47. The van der Waals surface area contributed by atoms with Gasteiger partial charge in [-0.05, 0) is 42.3 Å². The van der Waals surface area contributed by atoms with Crippen molar-refractivity contribution in [2.75, 3.05) is 6.54 Å². The van der Waals surface area contributed by atoms with E-state index in [0.29, 0.717) is 12.5 Å². The van der Waals surface area contributed by atoms with E-state index >= 15 is 0 Å². The predicted octanol–water partition coefficient (Wildman–Crippen LogP) is 1.64. The van der Waals surface area contributed by atoms with Crippen LogP contribution in [0.3, 0.4) is 0 Å². The van der Waals surface area contributed by atoms with Crippen LogP contribution < -0.4 is 5.73 Å². The van der Waals surface area contributed by atoms with Crippen molar-refractivity contribution in [2.45, 2.75) is 12.8 Å². The molecule has 3 N–H and O–H groups in total. The lowest BCUT2D eigenvalue weighted by molar-refractivity contribution is 0.475. The van der Waals surface area contributed by atoms with Gasteiger partial charge < -0.3 is 10.8 Å². The van der Waals surface area contributed by atoms with Gasteiger partial charge in [0.15, 0.2) is 0 Å². The molecule has 2 rings (SSSR count). The van der Waals surface area contributed by atoms with Gasteiger partial charge in [-0.25, -0.2) is 4.68 Å². The van der Waals surface area contributed by atoms with E-state index in [0.717, 1.165) is 11.3 Å². The number of nitrogens with zero attached hydrogens (tertiary/aromatic N) is 2. The summed E-state index contributed by atoms with van der Waals surface area (Å²) in [5.41, 5.74) is 7.65. The van der Waals surface area contributed by atoms with Crippen LogP contribution in [-0.2, 0) is 0 Å². The van der Waals surface area contributed by atoms with Gasteiger partial charge in [0.25, 0.3) is 0 Å². The van der Waals surface area contributed by atoms with E-state index < -0.39 is 0 Å². The van der Waals surface area contributed by atoms with Crippen molar-refractivity contribution in [2.24, 2.45) is 5.73 Å². The maximum Gasteiger partial charge on any atom is 0.115 e. The highest BCUT2D eigenvalue weighted by Crippen LogP contribution is 2.17. The predicted molar refractivity (Wildman–Crippen MR) is 62.7 cm³/mol. The second-order valence-electron chi connectivity index (χ2n) is 3.87. The molecular formula is C12H15N3O. The molecule has 16 heavy (non-hydrogen) atoms. The van der Waals surface area contributed by atoms with Gasteiger partial charge in [0.2, 0.25) is 0 Å². The van der Waals surface area contributed by atoms with Crippen LogP contribution in [0.15, 0.2) is 36.7 Å². The molecule has 2 aromatic rings. The summed E-state index contributed by atoms with van der Waals surface area (Å²) in [4.78, 5) is 0. The molecule has 0 fully saturated rings. The fraction of sp³-hybridized carbons (Fsp3) is 0.250. The lowest BCUT2D eigenvalue weighted by atomic mass is 10.1. The van der Waals surface area contributed by atoms with Crippen LogP contribution in [-0.4, -0.2) is 21.4 Å². The zero-order valence-electron chi connectivity index (χ0n) is 9.17. The van der Waals surface area contributed by atoms with E-state index in [2.05, 4.69) is 12.0 Å². The number of hydrogen-bond acceptors (Lipinski definition) is 3. The maximum atomic E-state index is 9.19. The third-order valence-corrected chi connectivity index (χ3v) is 2.64. The second-order valence-corrected chi connectivity index (χ2v) is 3.87. The Bertz CT molecular complexity index is 461. The molecule has 0 aliphatic rings. The number of benzene rings is 1. The molecule has 1 aromatic heterocycles. The molecule has 0 aliphatic carbocycles. The summed E-state index contributed by atoms with van der Waals surface area (Å²) in [6, 6.07) is 6.92. The highest BCUT2D eigenvalue weighted by atomic mass is 16.3. The Morgan fingerprint density at radius 1 is 1.38 bits per heavy atom. The smallest absolute Gasteiger partial charge is 0.115 e. The number of nitrogens with two attached hydrogens (primary N) is 1. The van der Waals surface area contributed by atoms with Crippen LogP contribution in [0.2, 0.25) is 0 Å². The summed E-state index contributed by atoms with van der Waals surface area (Å²) in [5.74, 6) is 0.567. The van der Waals surface area contributed by atoms with Gasteiger partial charge in [0, 0.05) is 6.20 Å². The molecule has 1 atom stereocenters. The molecule has 0 amide bonds. The summed E-state index contributed by atoms with van der Waals surface area (Å²) in [6.45, 7) is 2.68. The zero-order chi connectivity index (χ0) is 11.5. The van der Waals surface area contributed by atoms with Crippen molar-refractivity contribution < 1.29 is 5.11 Å². The summed E-state index contributed by atoms with van der Waals surface area (Å²) >= 11 is 0. The minimum atomic E-state index is 0.256. The van der Waals surface area contributed by atoms with E-state index in [4.69, 9.17) is 5.73 Å². The lowest BCUT2D eigenvalue weighted by Gasteiger charge is -2.04. The highest BCUT2D eigenvalue weighted by Gasteiger charge is 2.06. The SMILES string of the molecule is CC(CN)c1cnn(-c2ccc(O)cc2)c1. The highest BCUT2D eigenvalue weighted by molar-refractivity contribution is 5.36. The minimum Gasteiger partial charge on any atom is -0.508 e. The summed E-state index contributed by atoms with van der Waals surface area (Å²) in [5, 5.41) is 13.5. The third kappa shape index (κ3) is 2.06. The molecule has 84 valence electrons. The first-order valence-corrected chi connectivity index (χ1v) is 5.24. The van der Waals surface area contributed by atoms with E-state index in [-0.39, 0.29) is 5.75 Å². The van der Waals surface area contributed by atoms with Gasteiger partial charge >= 0.3 is 0 Å². The largest absolute Gasteiger partial charge is 0.508 e. The quantitative estimate of drug-likeness (QED) is 0.821. The number of phenolic OH excluding ortho intramolecular Hbond substituents is 1. The van der Waals surface area contributed by atoms with Crippen LogP contribution in [0.5, 0.6) is 5.75 Å². The Hall–Kier alpha value is -1.81. The Morgan fingerprint density at radius 2 is 2.06 bits per heavy atom. The van der Waals surface area contributed by atoms with Crippen molar-refractivity contribution in [3.05, 3.63) is 42.2 Å². The van der Waals surface area contributed by atoms with E-state index in [9.17, 15) is 5.11 Å². The van der Waals surface area contributed by atoms with Crippen LogP contribution in [0.4, 0.5) is 0 Å². The molecule has 1 heterocycles. The van der Waals surface area contributed by atoms with Crippen molar-refractivity contribution in [3.63, 3.8) is 0 Å². The number of rotatable bonds is 3. The lowest BCUT2D eigenvalue weighted by Crippen LogP contribution is -2.07. The molecule has 1 unspecified atom stereocenters. The molecular weight excluding hydrogens is 202 g/mol. The summed E-state index contributed by atoms with van der Waals surface area (Å²) in [6.07, 6.45) is 3.79.